The molecule has 1 unspecified atom stereocenters. The second-order valence-corrected chi connectivity index (χ2v) is 9.41. The van der Waals surface area contributed by atoms with E-state index in [0.717, 1.165) is 41.8 Å². The Morgan fingerprint density at radius 3 is 2.32 bits per heavy atom. The van der Waals surface area contributed by atoms with E-state index in [1.807, 2.05) is 79.7 Å². The summed E-state index contributed by atoms with van der Waals surface area (Å²) in [5, 5.41) is 15.6. The Morgan fingerprint density at radius 1 is 0.973 bits per heavy atom. The van der Waals surface area contributed by atoms with Crippen LogP contribution in [-0.2, 0) is 9.53 Å². The highest BCUT2D eigenvalue weighted by Crippen LogP contribution is 2.36. The molecule has 1 aliphatic rings. The van der Waals surface area contributed by atoms with E-state index in [4.69, 9.17) is 4.74 Å². The van der Waals surface area contributed by atoms with Gasteiger partial charge in [-0.2, -0.15) is 0 Å². The molecule has 1 saturated heterocycles. The molecule has 1 heterocycles. The minimum absolute atomic E-state index is 0.0458. The van der Waals surface area contributed by atoms with Crippen molar-refractivity contribution in [3.05, 3.63) is 89.5 Å². The van der Waals surface area contributed by atoms with E-state index in [9.17, 15) is 14.7 Å². The number of ether oxygens (including phenoxy) is 1. The van der Waals surface area contributed by atoms with Gasteiger partial charge in [0.2, 0.25) is 0 Å². The summed E-state index contributed by atoms with van der Waals surface area (Å²) in [6.45, 7) is 6.30. The molecule has 1 atom stereocenters. The van der Waals surface area contributed by atoms with Crippen molar-refractivity contribution in [3.63, 3.8) is 0 Å². The van der Waals surface area contributed by atoms with Crippen LogP contribution in [0.1, 0.15) is 48.8 Å². The van der Waals surface area contributed by atoms with Crippen LogP contribution in [0.4, 0.5) is 21.9 Å². The molecule has 0 radical (unpaired) electrons. The van der Waals surface area contributed by atoms with Gasteiger partial charge >= 0.3 is 12.0 Å². The molecule has 0 aromatic heterocycles. The Hall–Kier alpha value is -3.84. The summed E-state index contributed by atoms with van der Waals surface area (Å²) in [6, 6.07) is 23.1. The first kappa shape index (κ1) is 26.2. The maximum atomic E-state index is 13.1. The largest absolute Gasteiger partial charge is 0.481 e. The smallest absolute Gasteiger partial charge is 0.323 e. The number of rotatable bonds is 9. The monoisotopic (exact) mass is 501 g/mol. The molecule has 3 N–H and O–H groups in total. The summed E-state index contributed by atoms with van der Waals surface area (Å²) in [7, 11) is 0. The summed E-state index contributed by atoms with van der Waals surface area (Å²) in [5.41, 5.74) is 5.14. The van der Waals surface area contributed by atoms with Gasteiger partial charge in [0.05, 0.1) is 17.8 Å². The Labute approximate surface area is 218 Å². The lowest BCUT2D eigenvalue weighted by molar-refractivity contribution is -0.137. The second kappa shape index (κ2) is 12.4. The molecule has 4 rings (SSSR count). The van der Waals surface area contributed by atoms with Crippen molar-refractivity contribution >= 4 is 29.1 Å². The number of urea groups is 1. The number of benzene rings is 3. The van der Waals surface area contributed by atoms with Gasteiger partial charge in [-0.25, -0.2) is 4.79 Å². The number of carboxylic acids is 1. The minimum atomic E-state index is -0.873. The second-order valence-electron chi connectivity index (χ2n) is 9.41. The van der Waals surface area contributed by atoms with Gasteiger partial charge < -0.3 is 25.4 Å². The van der Waals surface area contributed by atoms with Gasteiger partial charge in [-0.15, -0.1) is 0 Å². The molecule has 37 heavy (non-hydrogen) atoms. The maximum Gasteiger partial charge on any atom is 0.323 e. The summed E-state index contributed by atoms with van der Waals surface area (Å²) < 4.78 is 5.57. The molecular weight excluding hydrogens is 466 g/mol. The number of carboxylic acid groups (broad SMARTS) is 1. The number of aliphatic carboxylic acids is 1. The number of amides is 2. The number of carbonyl (C=O) groups is 2. The average Bonchev–Trinajstić information content (AvgIpc) is 2.91. The number of nitrogens with one attached hydrogen (secondary N) is 2. The van der Waals surface area contributed by atoms with Gasteiger partial charge in [-0.1, -0.05) is 54.1 Å². The third kappa shape index (κ3) is 6.89. The number of aryl methyl sites for hydroxylation is 1. The van der Waals surface area contributed by atoms with Gasteiger partial charge in [0.15, 0.2) is 0 Å². The van der Waals surface area contributed by atoms with Crippen molar-refractivity contribution in [2.75, 3.05) is 35.3 Å². The number of hydrogen-bond donors (Lipinski definition) is 3. The normalized spacial score (nSPS) is 14.5. The van der Waals surface area contributed by atoms with Crippen molar-refractivity contribution in [2.45, 2.75) is 45.1 Å². The van der Waals surface area contributed by atoms with Crippen LogP contribution in [0.5, 0.6) is 0 Å². The molecule has 7 nitrogen and oxygen atoms in total. The van der Waals surface area contributed by atoms with Crippen molar-refractivity contribution in [1.29, 1.82) is 0 Å². The highest BCUT2D eigenvalue weighted by atomic mass is 16.5. The average molecular weight is 502 g/mol. The number of nitrogens with zero attached hydrogens (tertiary/aromatic N) is 1. The Morgan fingerprint density at radius 2 is 1.68 bits per heavy atom. The van der Waals surface area contributed by atoms with Crippen LogP contribution in [0.15, 0.2) is 72.8 Å². The molecule has 2 amide bonds. The predicted octanol–water partition coefficient (Wildman–Crippen LogP) is 6.25. The molecule has 0 saturated carbocycles. The standard InChI is InChI=1S/C30H35N3O4/c1-3-33(25-15-17-37-18-16-25)28-14-11-23(26(20-29(34)35)22-7-5-4-6-8-22)19-27(28)32-30(36)31-24-12-9-21(2)10-13-24/h4-14,19,25-26H,3,15-18,20H2,1-2H3,(H,34,35)(H2,31,32,36). The topological polar surface area (TPSA) is 90.9 Å². The van der Waals surface area contributed by atoms with Crippen LogP contribution in [0.2, 0.25) is 0 Å². The summed E-state index contributed by atoms with van der Waals surface area (Å²) in [4.78, 5) is 27.2. The first-order chi connectivity index (χ1) is 17.9. The third-order valence-electron chi connectivity index (χ3n) is 6.84. The van der Waals surface area contributed by atoms with E-state index in [1.54, 1.807) is 0 Å². The fraction of sp³-hybridized carbons (Fsp3) is 0.333. The van der Waals surface area contributed by atoms with Crippen molar-refractivity contribution in [2.24, 2.45) is 0 Å². The van der Waals surface area contributed by atoms with Crippen molar-refractivity contribution in [3.8, 4) is 0 Å². The highest BCUT2D eigenvalue weighted by molar-refractivity contribution is 6.02. The summed E-state index contributed by atoms with van der Waals surface area (Å²) >= 11 is 0. The van der Waals surface area contributed by atoms with E-state index >= 15 is 0 Å². The van der Waals surface area contributed by atoms with Crippen LogP contribution >= 0.6 is 0 Å². The zero-order valence-corrected chi connectivity index (χ0v) is 21.4. The fourth-order valence-electron chi connectivity index (χ4n) is 4.95. The SMILES string of the molecule is CCN(c1ccc(C(CC(=O)O)c2ccccc2)cc1NC(=O)Nc1ccc(C)cc1)C1CCOCC1. The highest BCUT2D eigenvalue weighted by Gasteiger charge is 2.25. The molecule has 0 bridgehead atoms. The molecule has 0 spiro atoms. The van der Waals surface area contributed by atoms with Crippen molar-refractivity contribution < 1.29 is 19.4 Å². The van der Waals surface area contributed by atoms with Crippen LogP contribution < -0.4 is 15.5 Å². The molecule has 7 heteroatoms. The number of anilines is 3. The maximum absolute atomic E-state index is 13.1. The Bertz CT molecular complexity index is 1190. The van der Waals surface area contributed by atoms with Gasteiger partial charge in [0, 0.05) is 37.4 Å². The molecular formula is C30H35N3O4. The minimum Gasteiger partial charge on any atom is -0.481 e. The molecule has 3 aromatic rings. The van der Waals surface area contributed by atoms with Gasteiger partial charge in [-0.05, 0) is 62.1 Å². The lowest BCUT2D eigenvalue weighted by Gasteiger charge is -2.36. The molecule has 1 fully saturated rings. The lowest BCUT2D eigenvalue weighted by Crippen LogP contribution is -2.40. The Kier molecular flexibility index (Phi) is 8.80. The summed E-state index contributed by atoms with van der Waals surface area (Å²) in [5.74, 6) is -1.21. The summed E-state index contributed by atoms with van der Waals surface area (Å²) in [6.07, 6.45) is 1.78. The van der Waals surface area contributed by atoms with E-state index in [1.165, 1.54) is 0 Å². The van der Waals surface area contributed by atoms with E-state index in [0.29, 0.717) is 30.6 Å². The molecule has 0 aliphatic carbocycles. The van der Waals surface area contributed by atoms with Gasteiger partial charge in [-0.3, -0.25) is 4.79 Å². The Balaban J connectivity index is 1.70. The van der Waals surface area contributed by atoms with Crippen LogP contribution in [0.25, 0.3) is 0 Å². The zero-order valence-electron chi connectivity index (χ0n) is 21.4. The fourth-order valence-corrected chi connectivity index (χ4v) is 4.95. The van der Waals surface area contributed by atoms with E-state index in [2.05, 4.69) is 22.5 Å². The quantitative estimate of drug-likeness (QED) is 0.322. The van der Waals surface area contributed by atoms with E-state index in [-0.39, 0.29) is 18.4 Å². The molecule has 1 aliphatic heterocycles. The van der Waals surface area contributed by atoms with Gasteiger partial charge in [0.1, 0.15) is 0 Å². The first-order valence-corrected chi connectivity index (χ1v) is 12.8. The number of carbonyl (C=O) groups excluding carboxylic acids is 1. The van der Waals surface area contributed by atoms with E-state index < -0.39 is 5.97 Å². The van der Waals surface area contributed by atoms with Crippen LogP contribution in [-0.4, -0.2) is 42.9 Å². The lowest BCUT2D eigenvalue weighted by atomic mass is 9.88. The number of hydrogen-bond acceptors (Lipinski definition) is 4. The molecule has 3 aromatic carbocycles. The van der Waals surface area contributed by atoms with Gasteiger partial charge in [0.25, 0.3) is 0 Å². The van der Waals surface area contributed by atoms with Crippen LogP contribution in [0.3, 0.4) is 0 Å². The predicted molar refractivity (Wildman–Crippen MR) is 148 cm³/mol. The van der Waals surface area contributed by atoms with Crippen molar-refractivity contribution in [1.82, 2.24) is 0 Å². The first-order valence-electron chi connectivity index (χ1n) is 12.8. The van der Waals surface area contributed by atoms with Crippen LogP contribution in [0, 0.1) is 6.92 Å². The zero-order chi connectivity index (χ0) is 26.2. The third-order valence-corrected chi connectivity index (χ3v) is 6.84. The molecule has 194 valence electrons.